The minimum Gasteiger partial charge on any atom is -0.464 e. The number of nitrogens with one attached hydrogen (secondary N) is 1. The number of fused-ring (bicyclic) bond motifs is 1. The number of anilines is 1. The fourth-order valence-electron chi connectivity index (χ4n) is 2.41. The second-order valence-electron chi connectivity index (χ2n) is 5.40. The molecule has 0 aliphatic carbocycles. The number of furan rings is 1. The second-order valence-corrected chi connectivity index (χ2v) is 7.19. The van der Waals surface area contributed by atoms with E-state index in [1.165, 1.54) is 37.0 Å². The van der Waals surface area contributed by atoms with E-state index in [1.54, 1.807) is 30.3 Å². The van der Waals surface area contributed by atoms with Crippen molar-refractivity contribution >= 4 is 32.6 Å². The molecule has 9 heteroatoms. The lowest BCUT2D eigenvalue weighted by atomic mass is 10.3. The average molecular weight is 368 g/mol. The summed E-state index contributed by atoms with van der Waals surface area (Å²) in [6, 6.07) is 11.1. The second kappa shape index (κ2) is 6.12. The number of benzene rings is 1. The third kappa shape index (κ3) is 2.84. The van der Waals surface area contributed by atoms with Gasteiger partial charge >= 0.3 is 0 Å². The van der Waals surface area contributed by atoms with E-state index in [0.717, 1.165) is 4.09 Å². The topological polar surface area (TPSA) is 107 Å². The molecule has 0 saturated heterocycles. The predicted octanol–water partition coefficient (Wildman–Crippen LogP) is 2.51. The van der Waals surface area contributed by atoms with Gasteiger partial charge in [0.05, 0.1) is 29.2 Å². The molecule has 0 radical (unpaired) electrons. The van der Waals surface area contributed by atoms with Gasteiger partial charge in [0.2, 0.25) is 0 Å². The van der Waals surface area contributed by atoms with E-state index < -0.39 is 15.9 Å². The lowest BCUT2D eigenvalue weighted by Gasteiger charge is -2.04. The van der Waals surface area contributed by atoms with Gasteiger partial charge in [0, 0.05) is 11.6 Å². The normalized spacial score (nSPS) is 11.5. The zero-order valence-electron chi connectivity index (χ0n) is 13.2. The minimum atomic E-state index is -3.89. The maximum atomic E-state index is 12.7. The summed E-state index contributed by atoms with van der Waals surface area (Å²) in [5.74, 6) is -0.456. The van der Waals surface area contributed by atoms with E-state index in [-0.39, 0.29) is 16.3 Å². The van der Waals surface area contributed by atoms with Crippen molar-refractivity contribution in [3.8, 4) is 0 Å². The lowest BCUT2D eigenvalue weighted by Crippen LogP contribution is -2.14. The Balaban J connectivity index is 1.61. The summed E-state index contributed by atoms with van der Waals surface area (Å²) in [6.45, 7) is 0. The first-order valence-corrected chi connectivity index (χ1v) is 8.98. The molecule has 26 heavy (non-hydrogen) atoms. The molecule has 0 aliphatic heterocycles. The molecule has 130 valence electrons. The molecular formula is C17H12N4O4S. The lowest BCUT2D eigenvalue weighted by molar-refractivity contribution is 0.102. The molecule has 1 aromatic carbocycles. The Hall–Kier alpha value is -3.46. The average Bonchev–Trinajstić information content (AvgIpc) is 3.31. The molecule has 0 saturated carbocycles. The first kappa shape index (κ1) is 16.0. The summed E-state index contributed by atoms with van der Waals surface area (Å²) in [5.41, 5.74) is 1.05. The van der Waals surface area contributed by atoms with Crippen molar-refractivity contribution in [1.82, 2.24) is 14.2 Å². The molecule has 0 bridgehead atoms. The highest BCUT2D eigenvalue weighted by Crippen LogP contribution is 2.22. The summed E-state index contributed by atoms with van der Waals surface area (Å²) in [7, 11) is -3.89. The van der Waals surface area contributed by atoms with Crippen LogP contribution in [0.2, 0.25) is 0 Å². The van der Waals surface area contributed by atoms with Crippen LogP contribution in [-0.2, 0) is 10.0 Å². The van der Waals surface area contributed by atoms with Crippen molar-refractivity contribution in [3.63, 3.8) is 0 Å². The molecule has 0 fully saturated rings. The van der Waals surface area contributed by atoms with Crippen LogP contribution in [0.15, 0.2) is 76.6 Å². The summed E-state index contributed by atoms with van der Waals surface area (Å²) < 4.78 is 31.4. The van der Waals surface area contributed by atoms with Crippen molar-refractivity contribution in [2.45, 2.75) is 4.90 Å². The van der Waals surface area contributed by atoms with Gasteiger partial charge in [0.1, 0.15) is 11.3 Å². The van der Waals surface area contributed by atoms with Gasteiger partial charge < -0.3 is 9.73 Å². The van der Waals surface area contributed by atoms with Crippen LogP contribution in [0.4, 0.5) is 5.69 Å². The molecule has 3 heterocycles. The van der Waals surface area contributed by atoms with Crippen LogP contribution in [0.25, 0.3) is 11.0 Å². The number of hydrogen-bond donors (Lipinski definition) is 1. The highest BCUT2D eigenvalue weighted by atomic mass is 32.2. The van der Waals surface area contributed by atoms with Crippen LogP contribution in [0.5, 0.6) is 0 Å². The first-order chi connectivity index (χ1) is 12.5. The highest BCUT2D eigenvalue weighted by Gasteiger charge is 2.20. The monoisotopic (exact) mass is 368 g/mol. The Bertz CT molecular complexity index is 1200. The van der Waals surface area contributed by atoms with Crippen LogP contribution in [0, 0.1) is 0 Å². The highest BCUT2D eigenvalue weighted by molar-refractivity contribution is 7.89. The van der Waals surface area contributed by atoms with Crippen molar-refractivity contribution in [2.24, 2.45) is 0 Å². The number of rotatable bonds is 4. The van der Waals surface area contributed by atoms with E-state index in [1.807, 2.05) is 0 Å². The summed E-state index contributed by atoms with van der Waals surface area (Å²) in [5, 5.41) is 7.08. The molecule has 1 amide bonds. The van der Waals surface area contributed by atoms with Gasteiger partial charge in [-0.15, -0.1) is 0 Å². The van der Waals surface area contributed by atoms with Crippen molar-refractivity contribution in [2.75, 3.05) is 5.32 Å². The molecule has 0 atom stereocenters. The summed E-state index contributed by atoms with van der Waals surface area (Å²) in [4.78, 5) is 16.1. The van der Waals surface area contributed by atoms with Gasteiger partial charge in [0.15, 0.2) is 0 Å². The van der Waals surface area contributed by atoms with Crippen LogP contribution in [-0.4, -0.2) is 28.5 Å². The number of hydrogen-bond acceptors (Lipinski definition) is 6. The number of pyridine rings is 1. The maximum Gasteiger partial charge on any atom is 0.283 e. The molecule has 0 unspecified atom stereocenters. The van der Waals surface area contributed by atoms with Crippen molar-refractivity contribution in [1.29, 1.82) is 0 Å². The Labute approximate surface area is 148 Å². The quantitative estimate of drug-likeness (QED) is 0.593. The van der Waals surface area contributed by atoms with Gasteiger partial charge in [0.25, 0.3) is 15.9 Å². The number of nitrogens with zero attached hydrogens (tertiary/aromatic N) is 3. The van der Waals surface area contributed by atoms with Gasteiger partial charge in [-0.1, -0.05) is 6.07 Å². The smallest absolute Gasteiger partial charge is 0.283 e. The largest absolute Gasteiger partial charge is 0.464 e. The standard InChI is InChI=1S/C17H12N4O4S/c22-17(15-3-1-2-7-18-15)20-13-10-19-21(11-13)26(23,24)14-4-5-16-12(9-14)6-8-25-16/h1-11H,(H,20,22). The van der Waals surface area contributed by atoms with Crippen LogP contribution in [0.3, 0.4) is 0 Å². The molecular weight excluding hydrogens is 356 g/mol. The van der Waals surface area contributed by atoms with E-state index in [9.17, 15) is 13.2 Å². The number of carbonyl (C=O) groups excluding carboxylic acids is 1. The number of carbonyl (C=O) groups is 1. The van der Waals surface area contributed by atoms with Gasteiger partial charge in [-0.3, -0.25) is 9.78 Å². The number of amides is 1. The molecule has 4 rings (SSSR count). The molecule has 3 aromatic heterocycles. The molecule has 0 aliphatic rings. The van der Waals surface area contributed by atoms with Gasteiger partial charge in [-0.25, -0.2) is 0 Å². The predicted molar refractivity (Wildman–Crippen MR) is 93.2 cm³/mol. The third-order valence-corrected chi connectivity index (χ3v) is 5.23. The SMILES string of the molecule is O=C(Nc1cnn(S(=O)(=O)c2ccc3occc3c2)c1)c1ccccn1. The zero-order chi connectivity index (χ0) is 18.1. The summed E-state index contributed by atoms with van der Waals surface area (Å²) >= 11 is 0. The van der Waals surface area contributed by atoms with Gasteiger partial charge in [-0.05, 0) is 36.4 Å². The van der Waals surface area contributed by atoms with E-state index in [0.29, 0.717) is 11.0 Å². The van der Waals surface area contributed by atoms with Crippen LogP contribution in [0.1, 0.15) is 10.5 Å². The van der Waals surface area contributed by atoms with Crippen molar-refractivity contribution < 1.29 is 17.6 Å². The molecule has 4 aromatic rings. The Morgan fingerprint density at radius 1 is 1.15 bits per heavy atom. The van der Waals surface area contributed by atoms with Crippen molar-refractivity contribution in [3.05, 3.63) is 73.0 Å². The Morgan fingerprint density at radius 3 is 2.85 bits per heavy atom. The van der Waals surface area contributed by atoms with E-state index >= 15 is 0 Å². The van der Waals surface area contributed by atoms with Gasteiger partial charge in [-0.2, -0.15) is 17.6 Å². The molecule has 8 nitrogen and oxygen atoms in total. The fraction of sp³-hybridized carbons (Fsp3) is 0. The first-order valence-electron chi connectivity index (χ1n) is 7.54. The Kier molecular flexibility index (Phi) is 3.77. The molecule has 0 spiro atoms. The molecule has 1 N–H and O–H groups in total. The zero-order valence-corrected chi connectivity index (χ0v) is 14.1. The van der Waals surface area contributed by atoms with E-state index in [4.69, 9.17) is 4.42 Å². The number of aromatic nitrogens is 3. The van der Waals surface area contributed by atoms with E-state index in [2.05, 4.69) is 15.4 Å². The maximum absolute atomic E-state index is 12.7. The minimum absolute atomic E-state index is 0.0668. The van der Waals surface area contributed by atoms with Crippen LogP contribution >= 0.6 is 0 Å². The Morgan fingerprint density at radius 2 is 2.04 bits per heavy atom. The fourth-order valence-corrected chi connectivity index (χ4v) is 3.56. The summed E-state index contributed by atoms with van der Waals surface area (Å²) in [6.07, 6.45) is 5.47. The third-order valence-electron chi connectivity index (χ3n) is 3.68. The van der Waals surface area contributed by atoms with Crippen LogP contribution < -0.4 is 5.32 Å².